The number of aromatic nitrogens is 1. The average Bonchev–Trinajstić information content (AvgIpc) is 2.75. The van der Waals surface area contributed by atoms with Crippen molar-refractivity contribution in [3.8, 4) is 0 Å². The quantitative estimate of drug-likeness (QED) is 0.838. The first-order chi connectivity index (χ1) is 7.70. The van der Waals surface area contributed by atoms with Gasteiger partial charge in [0.2, 0.25) is 0 Å². The second-order valence-electron chi connectivity index (χ2n) is 3.80. The largest absolute Gasteiger partial charge is 0.381 e. The molecular formula is C10H15N3O2S. The molecule has 2 heterocycles. The van der Waals surface area contributed by atoms with Crippen LogP contribution in [0.25, 0.3) is 0 Å². The van der Waals surface area contributed by atoms with E-state index in [0.29, 0.717) is 10.8 Å². The Hall–Kier alpha value is -1.14. The van der Waals surface area contributed by atoms with Crippen molar-refractivity contribution in [1.29, 1.82) is 0 Å². The lowest BCUT2D eigenvalue weighted by molar-refractivity contribution is 0.0348. The van der Waals surface area contributed by atoms with Crippen molar-refractivity contribution in [3.05, 3.63) is 11.1 Å². The van der Waals surface area contributed by atoms with E-state index in [4.69, 9.17) is 10.5 Å². The number of carbonyl (C=O) groups excluding carboxylic acids is 1. The number of ether oxygens (including phenoxy) is 1. The fraction of sp³-hybridized carbons (Fsp3) is 0.600. The Morgan fingerprint density at radius 1 is 1.62 bits per heavy atom. The molecule has 1 amide bonds. The summed E-state index contributed by atoms with van der Waals surface area (Å²) in [6.45, 7) is 1.46. The van der Waals surface area contributed by atoms with Crippen LogP contribution in [-0.4, -0.2) is 42.1 Å². The van der Waals surface area contributed by atoms with Crippen molar-refractivity contribution in [1.82, 2.24) is 9.88 Å². The summed E-state index contributed by atoms with van der Waals surface area (Å²) in [6.07, 6.45) is 2.06. The third-order valence-corrected chi connectivity index (χ3v) is 3.48. The summed E-state index contributed by atoms with van der Waals surface area (Å²) in [5.41, 5.74) is 5.96. The van der Waals surface area contributed by atoms with Gasteiger partial charge < -0.3 is 15.4 Å². The van der Waals surface area contributed by atoms with E-state index in [1.165, 1.54) is 11.3 Å². The molecule has 88 valence electrons. The number of hydrogen-bond acceptors (Lipinski definition) is 5. The Kier molecular flexibility index (Phi) is 3.40. The summed E-state index contributed by atoms with van der Waals surface area (Å²) < 4.78 is 5.26. The molecule has 0 aromatic carbocycles. The van der Waals surface area contributed by atoms with E-state index < -0.39 is 0 Å². The first-order valence-electron chi connectivity index (χ1n) is 5.24. The molecule has 0 saturated carbocycles. The highest BCUT2D eigenvalue weighted by Crippen LogP contribution is 2.17. The standard InChI is InChI=1S/C10H15N3O2S/c1-15-7-2-4-13(5-3-7)9(14)8-6-16-10(11)12-8/h6-7H,2-5H2,1H3,(H2,11,12). The summed E-state index contributed by atoms with van der Waals surface area (Å²) in [7, 11) is 1.71. The molecule has 0 bridgehead atoms. The van der Waals surface area contributed by atoms with Crippen molar-refractivity contribution in [2.24, 2.45) is 0 Å². The number of carbonyl (C=O) groups is 1. The highest BCUT2D eigenvalue weighted by atomic mass is 32.1. The van der Waals surface area contributed by atoms with E-state index in [1.807, 2.05) is 4.90 Å². The number of methoxy groups -OCH3 is 1. The number of nitrogens with zero attached hydrogens (tertiary/aromatic N) is 2. The highest BCUT2D eigenvalue weighted by molar-refractivity contribution is 7.13. The molecule has 1 aromatic heterocycles. The second-order valence-corrected chi connectivity index (χ2v) is 4.69. The summed E-state index contributed by atoms with van der Waals surface area (Å²) >= 11 is 1.30. The number of nitrogens with two attached hydrogens (primary N) is 1. The Morgan fingerprint density at radius 2 is 2.31 bits per heavy atom. The van der Waals surface area contributed by atoms with Gasteiger partial charge in [-0.3, -0.25) is 4.79 Å². The fourth-order valence-electron chi connectivity index (χ4n) is 1.84. The van der Waals surface area contributed by atoms with E-state index in [-0.39, 0.29) is 12.0 Å². The van der Waals surface area contributed by atoms with Crippen molar-refractivity contribution >= 4 is 22.4 Å². The monoisotopic (exact) mass is 241 g/mol. The number of rotatable bonds is 2. The molecule has 5 nitrogen and oxygen atoms in total. The number of hydrogen-bond donors (Lipinski definition) is 1. The molecule has 16 heavy (non-hydrogen) atoms. The Bertz CT molecular complexity index is 372. The number of piperidine rings is 1. The minimum absolute atomic E-state index is 0.0255. The van der Waals surface area contributed by atoms with Crippen LogP contribution in [-0.2, 0) is 4.74 Å². The molecule has 0 spiro atoms. The number of nitrogen functional groups attached to an aromatic ring is 1. The molecule has 1 aliphatic heterocycles. The molecule has 0 radical (unpaired) electrons. The summed E-state index contributed by atoms with van der Waals surface area (Å²) in [5.74, 6) is -0.0255. The van der Waals surface area contributed by atoms with Crippen molar-refractivity contribution in [2.75, 3.05) is 25.9 Å². The lowest BCUT2D eigenvalue weighted by atomic mass is 10.1. The van der Waals surface area contributed by atoms with Crippen LogP contribution in [0, 0.1) is 0 Å². The third kappa shape index (κ3) is 2.33. The molecule has 1 aromatic rings. The Morgan fingerprint density at radius 3 is 2.81 bits per heavy atom. The van der Waals surface area contributed by atoms with Gasteiger partial charge in [0.15, 0.2) is 5.13 Å². The number of anilines is 1. The lowest BCUT2D eigenvalue weighted by Crippen LogP contribution is -2.40. The van der Waals surface area contributed by atoms with Crippen molar-refractivity contribution in [3.63, 3.8) is 0 Å². The van der Waals surface area contributed by atoms with Gasteiger partial charge in [0.1, 0.15) is 5.69 Å². The minimum Gasteiger partial charge on any atom is -0.381 e. The van der Waals surface area contributed by atoms with Gasteiger partial charge in [-0.05, 0) is 12.8 Å². The maximum absolute atomic E-state index is 12.0. The van der Waals surface area contributed by atoms with E-state index >= 15 is 0 Å². The molecule has 1 saturated heterocycles. The molecule has 2 N–H and O–H groups in total. The van der Waals surface area contributed by atoms with Gasteiger partial charge in [-0.1, -0.05) is 0 Å². The zero-order valence-corrected chi connectivity index (χ0v) is 10.00. The molecule has 0 atom stereocenters. The predicted molar refractivity (Wildman–Crippen MR) is 62.5 cm³/mol. The molecule has 1 aliphatic rings. The van der Waals surface area contributed by atoms with Gasteiger partial charge in [0, 0.05) is 25.6 Å². The SMILES string of the molecule is COC1CCN(C(=O)c2csc(N)n2)CC1. The van der Waals surface area contributed by atoms with Gasteiger partial charge in [-0.25, -0.2) is 4.98 Å². The van der Waals surface area contributed by atoms with E-state index in [1.54, 1.807) is 12.5 Å². The first kappa shape index (κ1) is 11.3. The average molecular weight is 241 g/mol. The van der Waals surface area contributed by atoms with Crippen LogP contribution in [0.2, 0.25) is 0 Å². The molecule has 0 unspecified atom stereocenters. The van der Waals surface area contributed by atoms with Crippen molar-refractivity contribution < 1.29 is 9.53 Å². The molecule has 2 rings (SSSR count). The number of amides is 1. The van der Waals surface area contributed by atoms with E-state index in [9.17, 15) is 4.79 Å². The van der Waals surface area contributed by atoms with Crippen LogP contribution in [0.15, 0.2) is 5.38 Å². The maximum atomic E-state index is 12.0. The molecule has 6 heteroatoms. The Labute approximate surface area is 98.2 Å². The van der Waals surface area contributed by atoms with E-state index in [2.05, 4.69) is 4.98 Å². The number of likely N-dealkylation sites (tertiary alicyclic amines) is 1. The normalized spacial score (nSPS) is 17.7. The Balaban J connectivity index is 1.96. The van der Waals surface area contributed by atoms with Crippen LogP contribution in [0.3, 0.4) is 0 Å². The number of thiazole rings is 1. The highest BCUT2D eigenvalue weighted by Gasteiger charge is 2.24. The second kappa shape index (κ2) is 4.80. The van der Waals surface area contributed by atoms with Crippen LogP contribution >= 0.6 is 11.3 Å². The van der Waals surface area contributed by atoms with Gasteiger partial charge in [-0.15, -0.1) is 11.3 Å². The lowest BCUT2D eigenvalue weighted by Gasteiger charge is -2.30. The van der Waals surface area contributed by atoms with Gasteiger partial charge in [0.05, 0.1) is 6.10 Å². The minimum atomic E-state index is -0.0255. The summed E-state index contributed by atoms with van der Waals surface area (Å²) in [4.78, 5) is 17.8. The maximum Gasteiger partial charge on any atom is 0.273 e. The van der Waals surface area contributed by atoms with Crippen molar-refractivity contribution in [2.45, 2.75) is 18.9 Å². The van der Waals surface area contributed by atoms with Crippen LogP contribution in [0.5, 0.6) is 0 Å². The van der Waals surface area contributed by atoms with Gasteiger partial charge in [-0.2, -0.15) is 0 Å². The van der Waals surface area contributed by atoms with E-state index in [0.717, 1.165) is 25.9 Å². The summed E-state index contributed by atoms with van der Waals surface area (Å²) in [6, 6.07) is 0. The molecular weight excluding hydrogens is 226 g/mol. The van der Waals surface area contributed by atoms with Gasteiger partial charge in [0.25, 0.3) is 5.91 Å². The van der Waals surface area contributed by atoms with Crippen LogP contribution in [0.4, 0.5) is 5.13 Å². The zero-order chi connectivity index (χ0) is 11.5. The topological polar surface area (TPSA) is 68.5 Å². The molecule has 1 fully saturated rings. The predicted octanol–water partition coefficient (Wildman–Crippen LogP) is 0.976. The van der Waals surface area contributed by atoms with Crippen LogP contribution < -0.4 is 5.73 Å². The van der Waals surface area contributed by atoms with Gasteiger partial charge >= 0.3 is 0 Å². The summed E-state index contributed by atoms with van der Waals surface area (Å²) in [5, 5.41) is 2.15. The fourth-order valence-corrected chi connectivity index (χ4v) is 2.38. The van der Waals surface area contributed by atoms with Crippen LogP contribution in [0.1, 0.15) is 23.3 Å². The first-order valence-corrected chi connectivity index (χ1v) is 6.11. The third-order valence-electron chi connectivity index (χ3n) is 2.80. The zero-order valence-electron chi connectivity index (χ0n) is 9.18. The smallest absolute Gasteiger partial charge is 0.273 e. The molecule has 0 aliphatic carbocycles.